The summed E-state index contributed by atoms with van der Waals surface area (Å²) in [7, 11) is 0. The van der Waals surface area contributed by atoms with Crippen molar-refractivity contribution in [3.05, 3.63) is 50.6 Å². The van der Waals surface area contributed by atoms with Crippen molar-refractivity contribution < 1.29 is 14.3 Å². The molecule has 0 aliphatic rings. The van der Waals surface area contributed by atoms with E-state index in [0.717, 1.165) is 17.8 Å². The smallest absolute Gasteiger partial charge is 0.348 e. The molecule has 0 saturated carbocycles. The zero-order valence-electron chi connectivity index (χ0n) is 18.7. The van der Waals surface area contributed by atoms with Crippen molar-refractivity contribution in [2.75, 3.05) is 12.3 Å². The summed E-state index contributed by atoms with van der Waals surface area (Å²) in [5.41, 5.74) is 12.3. The van der Waals surface area contributed by atoms with Crippen molar-refractivity contribution in [1.82, 2.24) is 9.55 Å². The molecule has 3 aromatic rings. The highest BCUT2D eigenvalue weighted by Crippen LogP contribution is 2.35. The highest BCUT2D eigenvalue weighted by Gasteiger charge is 2.23. The lowest BCUT2D eigenvalue weighted by atomic mass is 10.2. The Hall–Kier alpha value is -3.36. The lowest BCUT2D eigenvalue weighted by molar-refractivity contribution is -0.118. The Morgan fingerprint density at radius 1 is 1.26 bits per heavy atom. The first-order valence-corrected chi connectivity index (χ1v) is 12.6. The van der Waals surface area contributed by atoms with Crippen molar-refractivity contribution in [3.8, 4) is 6.07 Å². The maximum Gasteiger partial charge on any atom is 0.348 e. The van der Waals surface area contributed by atoms with E-state index in [0.29, 0.717) is 47.4 Å². The number of anilines is 1. The van der Waals surface area contributed by atoms with Gasteiger partial charge in [-0.1, -0.05) is 30.3 Å². The van der Waals surface area contributed by atoms with Crippen LogP contribution in [0.2, 0.25) is 0 Å². The number of nitrogen functional groups attached to an aromatic ring is 1. The summed E-state index contributed by atoms with van der Waals surface area (Å²) >= 11 is 2.28. The monoisotopic (exact) mass is 499 g/mol. The number of thioether (sulfide) groups is 1. The number of nitriles is 1. The predicted octanol–water partition coefficient (Wildman–Crippen LogP) is 3.43. The second-order valence-corrected chi connectivity index (χ2v) is 9.41. The molecule has 2 heterocycles. The highest BCUT2D eigenvalue weighted by molar-refractivity contribution is 7.98. The maximum absolute atomic E-state index is 13.2. The number of aromatic nitrogens is 2. The van der Waals surface area contributed by atoms with Crippen molar-refractivity contribution in [2.24, 2.45) is 5.73 Å². The third kappa shape index (κ3) is 5.76. The molecule has 9 nitrogen and oxygen atoms in total. The molecule has 0 atom stereocenters. The molecule has 178 valence electrons. The first-order chi connectivity index (χ1) is 16.4. The highest BCUT2D eigenvalue weighted by atomic mass is 32.2. The summed E-state index contributed by atoms with van der Waals surface area (Å²) in [6.45, 7) is 2.32. The Morgan fingerprint density at radius 3 is 2.74 bits per heavy atom. The molecular formula is C23H25N5O4S2. The van der Waals surface area contributed by atoms with Crippen LogP contribution in [0.1, 0.15) is 53.4 Å². The fourth-order valence-electron chi connectivity index (χ4n) is 3.44. The van der Waals surface area contributed by atoms with Gasteiger partial charge in [-0.05, 0) is 31.9 Å². The van der Waals surface area contributed by atoms with Crippen molar-refractivity contribution in [3.63, 3.8) is 0 Å². The second-order valence-electron chi connectivity index (χ2n) is 7.42. The summed E-state index contributed by atoms with van der Waals surface area (Å²) in [4.78, 5) is 41.6. The summed E-state index contributed by atoms with van der Waals surface area (Å²) in [5.74, 6) is -0.659. The molecule has 0 bridgehead atoms. The number of hydrogen-bond acceptors (Lipinski definition) is 9. The molecule has 0 unspecified atom stereocenters. The van der Waals surface area contributed by atoms with E-state index in [9.17, 15) is 19.6 Å². The Kier molecular flexibility index (Phi) is 8.67. The Bertz CT molecular complexity index is 1310. The van der Waals surface area contributed by atoms with Gasteiger partial charge in [0, 0.05) is 24.3 Å². The number of thiophene rings is 1. The van der Waals surface area contributed by atoms with Gasteiger partial charge in [0.15, 0.2) is 5.16 Å². The lowest BCUT2D eigenvalue weighted by Crippen LogP contribution is -2.23. The normalized spacial score (nSPS) is 10.8. The molecule has 34 heavy (non-hydrogen) atoms. The fraction of sp³-hybridized carbons (Fsp3) is 0.348. The number of benzene rings is 1. The summed E-state index contributed by atoms with van der Waals surface area (Å²) in [6, 6.07) is 9.16. The van der Waals surface area contributed by atoms with E-state index >= 15 is 0 Å². The quantitative estimate of drug-likeness (QED) is 0.176. The van der Waals surface area contributed by atoms with Crippen LogP contribution in [0.15, 0.2) is 34.2 Å². The molecular weight excluding hydrogens is 474 g/mol. The summed E-state index contributed by atoms with van der Waals surface area (Å²) in [6.07, 6.45) is 2.36. The summed E-state index contributed by atoms with van der Waals surface area (Å²) < 4.78 is 6.72. The zero-order chi connectivity index (χ0) is 24.7. The minimum Gasteiger partial charge on any atom is -0.462 e. The van der Waals surface area contributed by atoms with Gasteiger partial charge in [-0.15, -0.1) is 11.3 Å². The van der Waals surface area contributed by atoms with E-state index in [1.807, 2.05) is 6.07 Å². The molecule has 0 spiro atoms. The summed E-state index contributed by atoms with van der Waals surface area (Å²) in [5, 5.41) is 10.8. The first-order valence-electron chi connectivity index (χ1n) is 10.8. The van der Waals surface area contributed by atoms with Crippen LogP contribution in [0.5, 0.6) is 0 Å². The van der Waals surface area contributed by atoms with E-state index in [4.69, 9.17) is 16.2 Å². The van der Waals surface area contributed by atoms with Crippen LogP contribution in [0, 0.1) is 11.3 Å². The van der Waals surface area contributed by atoms with E-state index in [1.54, 1.807) is 29.7 Å². The molecule has 1 aromatic carbocycles. The molecule has 0 saturated heterocycles. The Balaban J connectivity index is 1.92. The third-order valence-electron chi connectivity index (χ3n) is 5.08. The SMILES string of the molecule is CCOC(=O)c1sc(N)c(C#N)c1CSc1nc2ccccc2c(=O)n1CCCCCC(N)=O. The van der Waals surface area contributed by atoms with Crippen LogP contribution in [-0.2, 0) is 21.8 Å². The van der Waals surface area contributed by atoms with E-state index in [2.05, 4.69) is 11.1 Å². The van der Waals surface area contributed by atoms with Gasteiger partial charge in [0.25, 0.3) is 5.56 Å². The van der Waals surface area contributed by atoms with Crippen molar-refractivity contribution >= 4 is 50.9 Å². The number of nitrogens with two attached hydrogens (primary N) is 2. The van der Waals surface area contributed by atoms with Gasteiger partial charge in [-0.2, -0.15) is 5.26 Å². The Labute approximate surface area is 204 Å². The lowest BCUT2D eigenvalue weighted by Gasteiger charge is -2.13. The van der Waals surface area contributed by atoms with Crippen LogP contribution < -0.4 is 17.0 Å². The van der Waals surface area contributed by atoms with Gasteiger partial charge in [-0.3, -0.25) is 14.2 Å². The minimum absolute atomic E-state index is 0.168. The molecule has 3 rings (SSSR count). The van der Waals surface area contributed by atoms with Crippen LogP contribution in [0.25, 0.3) is 10.9 Å². The van der Waals surface area contributed by atoms with Crippen molar-refractivity contribution in [2.45, 2.75) is 50.1 Å². The number of primary amides is 1. The number of carbonyl (C=O) groups is 2. The van der Waals surface area contributed by atoms with Gasteiger partial charge in [-0.25, -0.2) is 9.78 Å². The van der Waals surface area contributed by atoms with Crippen LogP contribution in [-0.4, -0.2) is 28.0 Å². The zero-order valence-corrected chi connectivity index (χ0v) is 20.3. The average molecular weight is 500 g/mol. The number of amides is 1. The number of para-hydroxylation sites is 1. The van der Waals surface area contributed by atoms with Gasteiger partial charge in [0.2, 0.25) is 5.91 Å². The number of fused-ring (bicyclic) bond motifs is 1. The fourth-order valence-corrected chi connectivity index (χ4v) is 5.52. The molecule has 4 N–H and O–H groups in total. The molecule has 0 fully saturated rings. The largest absolute Gasteiger partial charge is 0.462 e. The van der Waals surface area contributed by atoms with Gasteiger partial charge in [0.1, 0.15) is 15.9 Å². The van der Waals surface area contributed by atoms with E-state index in [-0.39, 0.29) is 39.3 Å². The number of ether oxygens (including phenoxy) is 1. The second kappa shape index (κ2) is 11.7. The molecule has 0 aliphatic heterocycles. The first kappa shape index (κ1) is 25.3. The molecule has 2 aromatic heterocycles. The van der Waals surface area contributed by atoms with Crippen LogP contribution in [0.3, 0.4) is 0 Å². The minimum atomic E-state index is -0.533. The van der Waals surface area contributed by atoms with Gasteiger partial charge >= 0.3 is 5.97 Å². The molecule has 0 radical (unpaired) electrons. The predicted molar refractivity (Wildman–Crippen MR) is 133 cm³/mol. The van der Waals surface area contributed by atoms with Crippen LogP contribution >= 0.6 is 23.1 Å². The number of hydrogen-bond donors (Lipinski definition) is 2. The third-order valence-corrected chi connectivity index (χ3v) is 7.13. The van der Waals surface area contributed by atoms with Gasteiger partial charge in [0.05, 0.1) is 23.1 Å². The molecule has 11 heteroatoms. The van der Waals surface area contributed by atoms with E-state index < -0.39 is 5.97 Å². The number of carbonyl (C=O) groups excluding carboxylic acids is 2. The number of nitrogens with zero attached hydrogens (tertiary/aromatic N) is 3. The standard InChI is InChI=1S/C23H25N5O4S2/c1-2-32-22(31)19-16(15(12-24)20(26)34-19)13-33-23-27-17-9-6-5-8-14(17)21(30)28(23)11-7-3-4-10-18(25)29/h5-6,8-9H,2-4,7,10-11,13,26H2,1H3,(H2,25,29). The topological polar surface area (TPSA) is 154 Å². The maximum atomic E-state index is 13.2. The average Bonchev–Trinajstić information content (AvgIpc) is 3.14. The number of esters is 1. The van der Waals surface area contributed by atoms with Crippen LogP contribution in [0.4, 0.5) is 5.00 Å². The molecule has 0 aliphatic carbocycles. The van der Waals surface area contributed by atoms with E-state index in [1.165, 1.54) is 11.8 Å². The number of rotatable bonds is 11. The number of unbranched alkanes of at least 4 members (excludes halogenated alkanes) is 2. The van der Waals surface area contributed by atoms with Gasteiger partial charge < -0.3 is 16.2 Å². The molecule has 1 amide bonds. The van der Waals surface area contributed by atoms with Crippen molar-refractivity contribution in [1.29, 1.82) is 5.26 Å². The Morgan fingerprint density at radius 2 is 2.03 bits per heavy atom.